The quantitative estimate of drug-likeness (QED) is 0.588. The molecule has 0 spiro atoms. The van der Waals surface area contributed by atoms with Gasteiger partial charge < -0.3 is 15.4 Å². The van der Waals surface area contributed by atoms with Crippen molar-refractivity contribution in [3.63, 3.8) is 0 Å². The Hall–Kier alpha value is -0.810. The molecule has 2 heterocycles. The molecule has 0 aromatic carbocycles. The largest absolute Gasteiger partial charge is 0.373 e. The van der Waals surface area contributed by atoms with Crippen molar-refractivity contribution >= 4 is 5.96 Å². The van der Waals surface area contributed by atoms with Crippen LogP contribution in [0.4, 0.5) is 0 Å². The Morgan fingerprint density at radius 2 is 2.25 bits per heavy atom. The van der Waals surface area contributed by atoms with Gasteiger partial charge in [-0.25, -0.2) is 0 Å². The van der Waals surface area contributed by atoms with Crippen LogP contribution in [0.5, 0.6) is 0 Å². The first-order chi connectivity index (χ1) is 9.67. The van der Waals surface area contributed by atoms with E-state index in [0.29, 0.717) is 6.04 Å². The maximum atomic E-state index is 5.79. The van der Waals surface area contributed by atoms with Crippen molar-refractivity contribution in [3.05, 3.63) is 0 Å². The Bertz CT molecular complexity index is 326. The van der Waals surface area contributed by atoms with Gasteiger partial charge in [-0.15, -0.1) is 0 Å². The van der Waals surface area contributed by atoms with Gasteiger partial charge in [0.2, 0.25) is 0 Å². The van der Waals surface area contributed by atoms with Gasteiger partial charge in [-0.1, -0.05) is 6.92 Å². The zero-order chi connectivity index (χ0) is 14.4. The number of likely N-dealkylation sites (tertiary alicyclic amines) is 1. The maximum Gasteiger partial charge on any atom is 0.191 e. The first-order valence-electron chi connectivity index (χ1n) is 7.99. The summed E-state index contributed by atoms with van der Waals surface area (Å²) in [6.45, 7) is 9.49. The smallest absolute Gasteiger partial charge is 0.191 e. The highest BCUT2D eigenvalue weighted by Crippen LogP contribution is 2.23. The molecule has 2 rings (SSSR count). The van der Waals surface area contributed by atoms with Crippen molar-refractivity contribution in [3.8, 4) is 0 Å². The molecule has 5 heteroatoms. The highest BCUT2D eigenvalue weighted by atomic mass is 16.5. The van der Waals surface area contributed by atoms with Crippen LogP contribution >= 0.6 is 0 Å². The second-order valence-electron chi connectivity index (χ2n) is 6.13. The highest BCUT2D eigenvalue weighted by Gasteiger charge is 2.30. The molecular weight excluding hydrogens is 252 g/mol. The molecule has 0 radical (unpaired) electrons. The fourth-order valence-electron chi connectivity index (χ4n) is 3.22. The van der Waals surface area contributed by atoms with Crippen LogP contribution in [0, 0.1) is 0 Å². The summed E-state index contributed by atoms with van der Waals surface area (Å²) >= 11 is 0. The number of hydrogen-bond donors (Lipinski definition) is 2. The Labute approximate surface area is 123 Å². The summed E-state index contributed by atoms with van der Waals surface area (Å²) in [5.41, 5.74) is -0.0273. The molecule has 0 aromatic rings. The highest BCUT2D eigenvalue weighted by molar-refractivity contribution is 5.79. The molecule has 2 aliphatic heterocycles. The molecular formula is C15H30N4O. The van der Waals surface area contributed by atoms with Crippen LogP contribution in [-0.2, 0) is 4.74 Å². The minimum absolute atomic E-state index is 0.0273. The Morgan fingerprint density at radius 1 is 1.40 bits per heavy atom. The van der Waals surface area contributed by atoms with Crippen molar-refractivity contribution in [1.82, 2.24) is 15.5 Å². The van der Waals surface area contributed by atoms with Gasteiger partial charge in [-0.05, 0) is 45.7 Å². The molecule has 2 atom stereocenters. The van der Waals surface area contributed by atoms with E-state index < -0.39 is 0 Å². The molecule has 2 unspecified atom stereocenters. The van der Waals surface area contributed by atoms with E-state index in [0.717, 1.165) is 45.0 Å². The summed E-state index contributed by atoms with van der Waals surface area (Å²) in [7, 11) is 1.83. The summed E-state index contributed by atoms with van der Waals surface area (Å²) in [5.74, 6) is 0.893. The van der Waals surface area contributed by atoms with Gasteiger partial charge in [0.1, 0.15) is 0 Å². The molecule has 20 heavy (non-hydrogen) atoms. The average molecular weight is 282 g/mol. The number of nitrogens with one attached hydrogen (secondary N) is 2. The first kappa shape index (κ1) is 15.6. The van der Waals surface area contributed by atoms with Crippen LogP contribution in [0.2, 0.25) is 0 Å². The molecule has 0 saturated carbocycles. The van der Waals surface area contributed by atoms with Crippen LogP contribution in [0.1, 0.15) is 39.5 Å². The Morgan fingerprint density at radius 3 is 2.90 bits per heavy atom. The summed E-state index contributed by atoms with van der Waals surface area (Å²) in [6, 6.07) is 0.650. The molecule has 0 amide bonds. The molecule has 0 bridgehead atoms. The van der Waals surface area contributed by atoms with Crippen LogP contribution < -0.4 is 10.6 Å². The number of nitrogens with zero attached hydrogens (tertiary/aromatic N) is 2. The first-order valence-corrected chi connectivity index (χ1v) is 7.99. The van der Waals surface area contributed by atoms with E-state index in [1.54, 1.807) is 0 Å². The number of likely N-dealkylation sites (N-methyl/N-ethyl adjacent to an activating group) is 1. The maximum absolute atomic E-state index is 5.79. The SMILES string of the molecule is CCN1CCCC1CNC(=NC)NCC1(C)CCCO1. The molecule has 2 saturated heterocycles. The molecule has 5 nitrogen and oxygen atoms in total. The van der Waals surface area contributed by atoms with E-state index in [-0.39, 0.29) is 5.60 Å². The van der Waals surface area contributed by atoms with Crippen LogP contribution in [-0.4, -0.2) is 62.3 Å². The van der Waals surface area contributed by atoms with Crippen molar-refractivity contribution < 1.29 is 4.74 Å². The number of rotatable bonds is 5. The molecule has 2 aliphatic rings. The summed E-state index contributed by atoms with van der Waals surface area (Å²) < 4.78 is 5.79. The van der Waals surface area contributed by atoms with Gasteiger partial charge in [0, 0.05) is 32.8 Å². The molecule has 2 N–H and O–H groups in total. The molecule has 116 valence electrons. The van der Waals surface area contributed by atoms with E-state index in [1.165, 1.54) is 19.4 Å². The minimum Gasteiger partial charge on any atom is -0.373 e. The molecule has 2 fully saturated rings. The predicted molar refractivity (Wildman–Crippen MR) is 83.2 cm³/mol. The predicted octanol–water partition coefficient (Wildman–Crippen LogP) is 1.20. The standard InChI is InChI=1S/C15H30N4O/c1-4-19-9-5-7-13(19)11-17-14(16-3)18-12-15(2)8-6-10-20-15/h13H,4-12H2,1-3H3,(H2,16,17,18). The lowest BCUT2D eigenvalue weighted by Gasteiger charge is -2.26. The zero-order valence-corrected chi connectivity index (χ0v) is 13.2. The van der Waals surface area contributed by atoms with E-state index in [2.05, 4.69) is 34.4 Å². The molecule has 0 aliphatic carbocycles. The monoisotopic (exact) mass is 282 g/mol. The third-order valence-corrected chi connectivity index (χ3v) is 4.56. The number of ether oxygens (including phenoxy) is 1. The van der Waals surface area contributed by atoms with Gasteiger partial charge in [-0.3, -0.25) is 9.89 Å². The van der Waals surface area contributed by atoms with Gasteiger partial charge in [0.15, 0.2) is 5.96 Å². The van der Waals surface area contributed by atoms with E-state index in [4.69, 9.17) is 4.74 Å². The summed E-state index contributed by atoms with van der Waals surface area (Å²) in [4.78, 5) is 6.86. The summed E-state index contributed by atoms with van der Waals surface area (Å²) in [6.07, 6.45) is 4.90. The number of aliphatic imine (C=N–C) groups is 1. The van der Waals surface area contributed by atoms with Gasteiger partial charge in [-0.2, -0.15) is 0 Å². The van der Waals surface area contributed by atoms with E-state index in [1.807, 2.05) is 7.05 Å². The third kappa shape index (κ3) is 4.09. The Kier molecular flexibility index (Phi) is 5.66. The lowest BCUT2D eigenvalue weighted by atomic mass is 10.0. The second-order valence-corrected chi connectivity index (χ2v) is 6.13. The normalized spacial score (nSPS) is 31.8. The lowest BCUT2D eigenvalue weighted by Crippen LogP contribution is -2.48. The summed E-state index contributed by atoms with van der Waals surface area (Å²) in [5, 5.41) is 6.86. The fraction of sp³-hybridized carbons (Fsp3) is 0.933. The lowest BCUT2D eigenvalue weighted by molar-refractivity contribution is 0.0242. The molecule has 0 aromatic heterocycles. The van der Waals surface area contributed by atoms with Crippen molar-refractivity contribution in [2.24, 2.45) is 4.99 Å². The van der Waals surface area contributed by atoms with Crippen LogP contribution in [0.3, 0.4) is 0 Å². The zero-order valence-electron chi connectivity index (χ0n) is 13.2. The third-order valence-electron chi connectivity index (χ3n) is 4.56. The fourth-order valence-corrected chi connectivity index (χ4v) is 3.22. The van der Waals surface area contributed by atoms with Crippen molar-refractivity contribution in [1.29, 1.82) is 0 Å². The van der Waals surface area contributed by atoms with Crippen molar-refractivity contribution in [2.75, 3.05) is 39.8 Å². The van der Waals surface area contributed by atoms with Gasteiger partial charge in [0.25, 0.3) is 0 Å². The van der Waals surface area contributed by atoms with Gasteiger partial charge >= 0.3 is 0 Å². The van der Waals surface area contributed by atoms with Crippen LogP contribution in [0.25, 0.3) is 0 Å². The minimum atomic E-state index is -0.0273. The van der Waals surface area contributed by atoms with Gasteiger partial charge in [0.05, 0.1) is 5.60 Å². The van der Waals surface area contributed by atoms with Crippen molar-refractivity contribution in [2.45, 2.75) is 51.2 Å². The number of guanidine groups is 1. The topological polar surface area (TPSA) is 48.9 Å². The second kappa shape index (κ2) is 7.27. The van der Waals surface area contributed by atoms with E-state index in [9.17, 15) is 0 Å². The Balaban J connectivity index is 1.72. The average Bonchev–Trinajstić information content (AvgIpc) is 3.08. The number of hydrogen-bond acceptors (Lipinski definition) is 3. The van der Waals surface area contributed by atoms with Crippen LogP contribution in [0.15, 0.2) is 4.99 Å². The van der Waals surface area contributed by atoms with E-state index >= 15 is 0 Å².